The first kappa shape index (κ1) is 14.4. The van der Waals surface area contributed by atoms with E-state index in [0.29, 0.717) is 6.04 Å². The van der Waals surface area contributed by atoms with Crippen LogP contribution in [-0.2, 0) is 0 Å². The fraction of sp³-hybridized carbons (Fsp3) is 0.471. The highest BCUT2D eigenvalue weighted by Gasteiger charge is 2.12. The molecule has 2 aromatic rings. The Balaban J connectivity index is 1.63. The van der Waals surface area contributed by atoms with Gasteiger partial charge in [-0.2, -0.15) is 0 Å². The standard InChI is InChI=1S/C17H23N3S/c1-13-6-8-16(21-13)14(2)19-15-7-9-17(18-12-15)20-10-4-3-5-11-20/h6-9,12,14,19H,3-5,10-11H2,1-2H3. The maximum absolute atomic E-state index is 4.62. The van der Waals surface area contributed by atoms with Gasteiger partial charge in [0.1, 0.15) is 5.82 Å². The summed E-state index contributed by atoms with van der Waals surface area (Å²) in [6.45, 7) is 6.63. The molecular weight excluding hydrogens is 278 g/mol. The molecule has 3 heterocycles. The Bertz CT molecular complexity index is 570. The van der Waals surface area contributed by atoms with Gasteiger partial charge in [0.15, 0.2) is 0 Å². The van der Waals surface area contributed by atoms with Crippen molar-refractivity contribution in [3.63, 3.8) is 0 Å². The molecule has 2 aromatic heterocycles. The zero-order valence-corrected chi connectivity index (χ0v) is 13.6. The average Bonchev–Trinajstić information content (AvgIpc) is 2.96. The number of rotatable bonds is 4. The number of aryl methyl sites for hydroxylation is 1. The molecule has 0 saturated carbocycles. The molecule has 1 atom stereocenters. The molecule has 0 aromatic carbocycles. The van der Waals surface area contributed by atoms with Crippen molar-refractivity contribution in [2.75, 3.05) is 23.3 Å². The minimum Gasteiger partial charge on any atom is -0.376 e. The largest absolute Gasteiger partial charge is 0.376 e. The maximum Gasteiger partial charge on any atom is 0.128 e. The zero-order chi connectivity index (χ0) is 14.7. The minimum atomic E-state index is 0.325. The molecule has 0 aliphatic carbocycles. The van der Waals surface area contributed by atoms with Crippen molar-refractivity contribution in [3.05, 3.63) is 40.2 Å². The van der Waals surface area contributed by atoms with Crippen LogP contribution in [0.5, 0.6) is 0 Å². The van der Waals surface area contributed by atoms with E-state index in [4.69, 9.17) is 0 Å². The molecule has 1 aliphatic heterocycles. The van der Waals surface area contributed by atoms with Crippen molar-refractivity contribution in [3.8, 4) is 0 Å². The van der Waals surface area contributed by atoms with E-state index >= 15 is 0 Å². The molecule has 0 spiro atoms. The summed E-state index contributed by atoms with van der Waals surface area (Å²) in [5, 5.41) is 3.53. The number of piperidine rings is 1. The van der Waals surface area contributed by atoms with Crippen LogP contribution in [-0.4, -0.2) is 18.1 Å². The Morgan fingerprint density at radius 3 is 2.57 bits per heavy atom. The monoisotopic (exact) mass is 301 g/mol. The normalized spacial score (nSPS) is 16.8. The first-order chi connectivity index (χ1) is 10.2. The lowest BCUT2D eigenvalue weighted by Crippen LogP contribution is -2.30. The summed E-state index contributed by atoms with van der Waals surface area (Å²) < 4.78 is 0. The highest BCUT2D eigenvalue weighted by molar-refractivity contribution is 7.12. The van der Waals surface area contributed by atoms with Crippen LogP contribution >= 0.6 is 11.3 Å². The van der Waals surface area contributed by atoms with Crippen molar-refractivity contribution >= 4 is 22.8 Å². The van der Waals surface area contributed by atoms with Gasteiger partial charge in [-0.05, 0) is 57.4 Å². The van der Waals surface area contributed by atoms with E-state index in [1.54, 1.807) is 0 Å². The summed E-state index contributed by atoms with van der Waals surface area (Å²) in [5.74, 6) is 1.11. The Labute approximate surface area is 131 Å². The average molecular weight is 301 g/mol. The molecule has 112 valence electrons. The third kappa shape index (κ3) is 3.56. The first-order valence-electron chi connectivity index (χ1n) is 7.76. The van der Waals surface area contributed by atoms with Gasteiger partial charge in [-0.3, -0.25) is 0 Å². The quantitative estimate of drug-likeness (QED) is 0.893. The SMILES string of the molecule is Cc1ccc(C(C)Nc2ccc(N3CCCCC3)nc2)s1. The van der Waals surface area contributed by atoms with Crippen LogP contribution in [0.4, 0.5) is 11.5 Å². The lowest BCUT2D eigenvalue weighted by molar-refractivity contribution is 0.573. The van der Waals surface area contributed by atoms with Crippen LogP contribution in [0.1, 0.15) is 42.0 Å². The van der Waals surface area contributed by atoms with Gasteiger partial charge < -0.3 is 10.2 Å². The van der Waals surface area contributed by atoms with Gasteiger partial charge in [0.05, 0.1) is 17.9 Å². The molecule has 0 radical (unpaired) electrons. The van der Waals surface area contributed by atoms with E-state index in [0.717, 1.165) is 24.6 Å². The van der Waals surface area contributed by atoms with Crippen LogP contribution in [0.3, 0.4) is 0 Å². The van der Waals surface area contributed by atoms with E-state index in [1.807, 2.05) is 17.5 Å². The molecule has 3 nitrogen and oxygen atoms in total. The highest BCUT2D eigenvalue weighted by Crippen LogP contribution is 2.26. The maximum atomic E-state index is 4.62. The zero-order valence-electron chi connectivity index (χ0n) is 12.8. The summed E-state index contributed by atoms with van der Waals surface area (Å²) >= 11 is 1.85. The number of nitrogens with one attached hydrogen (secondary N) is 1. The van der Waals surface area contributed by atoms with Crippen LogP contribution < -0.4 is 10.2 Å². The van der Waals surface area contributed by atoms with Crippen molar-refractivity contribution in [2.24, 2.45) is 0 Å². The van der Waals surface area contributed by atoms with Crippen molar-refractivity contribution in [2.45, 2.75) is 39.2 Å². The number of nitrogens with zero attached hydrogens (tertiary/aromatic N) is 2. The molecular formula is C17H23N3S. The Kier molecular flexibility index (Phi) is 4.44. The van der Waals surface area contributed by atoms with Crippen LogP contribution in [0.2, 0.25) is 0 Å². The third-order valence-electron chi connectivity index (χ3n) is 4.00. The molecule has 4 heteroatoms. The van der Waals surface area contributed by atoms with Crippen molar-refractivity contribution < 1.29 is 0 Å². The minimum absolute atomic E-state index is 0.325. The Hall–Kier alpha value is -1.55. The molecule has 0 bridgehead atoms. The Morgan fingerprint density at radius 1 is 1.14 bits per heavy atom. The molecule has 1 aliphatic rings. The van der Waals surface area contributed by atoms with Crippen LogP contribution in [0.15, 0.2) is 30.5 Å². The lowest BCUT2D eigenvalue weighted by Gasteiger charge is -2.27. The van der Waals surface area contributed by atoms with Crippen LogP contribution in [0.25, 0.3) is 0 Å². The van der Waals surface area contributed by atoms with E-state index in [2.05, 4.69) is 53.3 Å². The molecule has 1 saturated heterocycles. The van der Waals surface area contributed by atoms with E-state index in [-0.39, 0.29) is 0 Å². The van der Waals surface area contributed by atoms with Gasteiger partial charge in [0.2, 0.25) is 0 Å². The molecule has 0 amide bonds. The molecule has 1 fully saturated rings. The molecule has 1 N–H and O–H groups in total. The summed E-state index contributed by atoms with van der Waals surface area (Å²) in [7, 11) is 0. The number of hydrogen-bond donors (Lipinski definition) is 1. The smallest absolute Gasteiger partial charge is 0.128 e. The van der Waals surface area contributed by atoms with Gasteiger partial charge in [-0.15, -0.1) is 11.3 Å². The first-order valence-corrected chi connectivity index (χ1v) is 8.58. The van der Waals surface area contributed by atoms with Gasteiger partial charge >= 0.3 is 0 Å². The fourth-order valence-electron chi connectivity index (χ4n) is 2.79. The third-order valence-corrected chi connectivity index (χ3v) is 5.18. The van der Waals surface area contributed by atoms with Crippen molar-refractivity contribution in [1.82, 2.24) is 4.98 Å². The molecule has 1 unspecified atom stereocenters. The van der Waals surface area contributed by atoms with E-state index < -0.39 is 0 Å². The van der Waals surface area contributed by atoms with E-state index in [9.17, 15) is 0 Å². The summed E-state index contributed by atoms with van der Waals surface area (Å²) in [6, 6.07) is 8.99. The number of hydrogen-bond acceptors (Lipinski definition) is 4. The van der Waals surface area contributed by atoms with Gasteiger partial charge in [-0.1, -0.05) is 0 Å². The lowest BCUT2D eigenvalue weighted by atomic mass is 10.1. The fourth-order valence-corrected chi connectivity index (χ4v) is 3.67. The molecule has 3 rings (SSSR count). The predicted molar refractivity (Wildman–Crippen MR) is 91.4 cm³/mol. The molecule has 21 heavy (non-hydrogen) atoms. The van der Waals surface area contributed by atoms with Gasteiger partial charge in [0, 0.05) is 22.8 Å². The second-order valence-corrected chi connectivity index (χ2v) is 7.09. The van der Waals surface area contributed by atoms with Crippen LogP contribution in [0, 0.1) is 6.92 Å². The summed E-state index contributed by atoms with van der Waals surface area (Å²) in [4.78, 5) is 9.74. The summed E-state index contributed by atoms with van der Waals surface area (Å²) in [5.41, 5.74) is 1.09. The van der Waals surface area contributed by atoms with Gasteiger partial charge in [-0.25, -0.2) is 4.98 Å². The second-order valence-electron chi connectivity index (χ2n) is 5.77. The van der Waals surface area contributed by atoms with Crippen molar-refractivity contribution in [1.29, 1.82) is 0 Å². The number of aromatic nitrogens is 1. The summed E-state index contributed by atoms with van der Waals surface area (Å²) in [6.07, 6.45) is 5.89. The highest BCUT2D eigenvalue weighted by atomic mass is 32.1. The predicted octanol–water partition coefficient (Wildman–Crippen LogP) is 4.61. The second kappa shape index (κ2) is 6.48. The number of pyridine rings is 1. The number of thiophene rings is 1. The Morgan fingerprint density at radius 2 is 1.95 bits per heavy atom. The van der Waals surface area contributed by atoms with Gasteiger partial charge in [0.25, 0.3) is 0 Å². The topological polar surface area (TPSA) is 28.2 Å². The van der Waals surface area contributed by atoms with E-state index in [1.165, 1.54) is 29.0 Å². The number of anilines is 2.